The second-order valence-electron chi connectivity index (χ2n) is 4.49. The molecule has 84 valence electrons. The Morgan fingerprint density at radius 1 is 1.31 bits per heavy atom. The van der Waals surface area contributed by atoms with Gasteiger partial charge in [-0.1, -0.05) is 18.2 Å². The zero-order chi connectivity index (χ0) is 11.0. The van der Waals surface area contributed by atoms with Crippen LogP contribution in [0, 0.1) is 0 Å². The van der Waals surface area contributed by atoms with Gasteiger partial charge in [0.2, 0.25) is 0 Å². The highest BCUT2D eigenvalue weighted by atomic mass is 15.2. The topological polar surface area (TPSA) is 31.1 Å². The number of para-hydroxylation sites is 1. The fourth-order valence-corrected chi connectivity index (χ4v) is 2.52. The molecule has 1 unspecified atom stereocenters. The van der Waals surface area contributed by atoms with Crippen molar-refractivity contribution in [1.29, 1.82) is 0 Å². The maximum absolute atomic E-state index is 3.46. The van der Waals surface area contributed by atoms with Crippen LogP contribution in [-0.2, 0) is 0 Å². The SMILES string of the molecule is CN1CCNCC1c1c[nH]c2ccccc12. The molecule has 1 fully saturated rings. The summed E-state index contributed by atoms with van der Waals surface area (Å²) in [6, 6.07) is 9.00. The van der Waals surface area contributed by atoms with Crippen molar-refractivity contribution in [3.8, 4) is 0 Å². The lowest BCUT2D eigenvalue weighted by Gasteiger charge is -2.33. The van der Waals surface area contributed by atoms with Crippen LogP contribution in [0.3, 0.4) is 0 Å². The van der Waals surface area contributed by atoms with Crippen LogP contribution >= 0.6 is 0 Å². The Morgan fingerprint density at radius 3 is 3.06 bits per heavy atom. The molecule has 1 aliphatic heterocycles. The van der Waals surface area contributed by atoms with Gasteiger partial charge in [0.1, 0.15) is 0 Å². The molecule has 1 aliphatic rings. The van der Waals surface area contributed by atoms with Crippen LogP contribution < -0.4 is 5.32 Å². The lowest BCUT2D eigenvalue weighted by atomic mass is 10.0. The minimum absolute atomic E-state index is 0.491. The summed E-state index contributed by atoms with van der Waals surface area (Å²) in [5.74, 6) is 0. The van der Waals surface area contributed by atoms with Gasteiger partial charge in [0, 0.05) is 42.8 Å². The van der Waals surface area contributed by atoms with E-state index in [1.165, 1.54) is 16.5 Å². The molecule has 3 rings (SSSR count). The number of aromatic nitrogens is 1. The fraction of sp³-hybridized carbons (Fsp3) is 0.385. The number of benzene rings is 1. The van der Waals surface area contributed by atoms with Crippen molar-refractivity contribution in [2.24, 2.45) is 0 Å². The number of fused-ring (bicyclic) bond motifs is 1. The second-order valence-corrected chi connectivity index (χ2v) is 4.49. The van der Waals surface area contributed by atoms with Crippen molar-refractivity contribution in [3.63, 3.8) is 0 Å². The average molecular weight is 215 g/mol. The molecule has 1 atom stereocenters. The number of hydrogen-bond acceptors (Lipinski definition) is 2. The fourth-order valence-electron chi connectivity index (χ4n) is 2.52. The number of aromatic amines is 1. The molecule has 2 heterocycles. The normalized spacial score (nSPS) is 22.7. The Hall–Kier alpha value is -1.32. The van der Waals surface area contributed by atoms with Gasteiger partial charge in [-0.2, -0.15) is 0 Å². The van der Waals surface area contributed by atoms with Crippen molar-refractivity contribution >= 4 is 10.9 Å². The van der Waals surface area contributed by atoms with Crippen LogP contribution in [0.15, 0.2) is 30.5 Å². The Bertz CT molecular complexity index is 489. The molecular formula is C13H17N3. The number of piperazine rings is 1. The molecule has 2 aromatic rings. The summed E-state index contributed by atoms with van der Waals surface area (Å²) < 4.78 is 0. The van der Waals surface area contributed by atoms with E-state index >= 15 is 0 Å². The molecule has 3 nitrogen and oxygen atoms in total. The van der Waals surface area contributed by atoms with Crippen LogP contribution in [-0.4, -0.2) is 36.6 Å². The third kappa shape index (κ3) is 1.52. The van der Waals surface area contributed by atoms with E-state index in [0.29, 0.717) is 6.04 Å². The van der Waals surface area contributed by atoms with Crippen LogP contribution in [0.2, 0.25) is 0 Å². The summed E-state index contributed by atoms with van der Waals surface area (Å²) in [7, 11) is 2.20. The van der Waals surface area contributed by atoms with E-state index in [-0.39, 0.29) is 0 Å². The second kappa shape index (κ2) is 3.92. The molecule has 1 aromatic carbocycles. The monoisotopic (exact) mass is 215 g/mol. The first-order chi connectivity index (χ1) is 7.86. The van der Waals surface area contributed by atoms with Gasteiger partial charge in [-0.05, 0) is 18.7 Å². The van der Waals surface area contributed by atoms with E-state index in [9.17, 15) is 0 Å². The first kappa shape index (κ1) is 9.87. The van der Waals surface area contributed by atoms with E-state index in [4.69, 9.17) is 0 Å². The summed E-state index contributed by atoms with van der Waals surface area (Å²) in [5.41, 5.74) is 2.64. The third-order valence-corrected chi connectivity index (χ3v) is 3.49. The van der Waals surface area contributed by atoms with Crippen molar-refractivity contribution < 1.29 is 0 Å². The van der Waals surface area contributed by atoms with Crippen LogP contribution in [0.4, 0.5) is 0 Å². The predicted octanol–water partition coefficient (Wildman–Crippen LogP) is 1.74. The molecule has 0 aliphatic carbocycles. The number of hydrogen-bond donors (Lipinski definition) is 2. The van der Waals surface area contributed by atoms with Gasteiger partial charge in [0.05, 0.1) is 0 Å². The van der Waals surface area contributed by atoms with Gasteiger partial charge in [0.25, 0.3) is 0 Å². The predicted molar refractivity (Wildman–Crippen MR) is 66.5 cm³/mol. The van der Waals surface area contributed by atoms with E-state index < -0.39 is 0 Å². The van der Waals surface area contributed by atoms with Gasteiger partial charge >= 0.3 is 0 Å². The Balaban J connectivity index is 2.04. The summed E-state index contributed by atoms with van der Waals surface area (Å²) in [6.07, 6.45) is 2.15. The first-order valence-corrected chi connectivity index (χ1v) is 5.83. The van der Waals surface area contributed by atoms with Crippen molar-refractivity contribution in [3.05, 3.63) is 36.0 Å². The highest BCUT2D eigenvalue weighted by molar-refractivity contribution is 5.83. The number of H-pyrrole nitrogens is 1. The number of likely N-dealkylation sites (N-methyl/N-ethyl adjacent to an activating group) is 1. The third-order valence-electron chi connectivity index (χ3n) is 3.49. The van der Waals surface area contributed by atoms with Crippen molar-refractivity contribution in [2.45, 2.75) is 6.04 Å². The van der Waals surface area contributed by atoms with Crippen LogP contribution in [0.1, 0.15) is 11.6 Å². The molecule has 0 bridgehead atoms. The smallest absolute Gasteiger partial charge is 0.0491 e. The largest absolute Gasteiger partial charge is 0.361 e. The molecule has 0 amide bonds. The zero-order valence-corrected chi connectivity index (χ0v) is 9.53. The number of nitrogens with zero attached hydrogens (tertiary/aromatic N) is 1. The summed E-state index contributed by atoms with van der Waals surface area (Å²) in [5, 5.41) is 4.81. The average Bonchev–Trinajstić information content (AvgIpc) is 2.74. The molecule has 0 saturated carbocycles. The molecule has 0 spiro atoms. The quantitative estimate of drug-likeness (QED) is 0.759. The van der Waals surface area contributed by atoms with Gasteiger partial charge in [-0.25, -0.2) is 0 Å². The number of rotatable bonds is 1. The zero-order valence-electron chi connectivity index (χ0n) is 9.53. The molecule has 16 heavy (non-hydrogen) atoms. The Kier molecular flexibility index (Phi) is 2.42. The van der Waals surface area contributed by atoms with Gasteiger partial charge in [-0.3, -0.25) is 4.90 Å². The van der Waals surface area contributed by atoms with E-state index in [2.05, 4.69) is 52.7 Å². The molecule has 1 saturated heterocycles. The maximum atomic E-state index is 3.46. The first-order valence-electron chi connectivity index (χ1n) is 5.83. The molecular weight excluding hydrogens is 198 g/mol. The summed E-state index contributed by atoms with van der Waals surface area (Å²) in [4.78, 5) is 5.77. The lowest BCUT2D eigenvalue weighted by molar-refractivity contribution is 0.203. The molecule has 0 radical (unpaired) electrons. The van der Waals surface area contributed by atoms with Gasteiger partial charge < -0.3 is 10.3 Å². The standard InChI is InChI=1S/C13H17N3/c1-16-7-6-14-9-13(16)11-8-15-12-5-3-2-4-10(11)12/h2-5,8,13-15H,6-7,9H2,1H3. The minimum Gasteiger partial charge on any atom is -0.361 e. The molecule has 3 heteroatoms. The van der Waals surface area contributed by atoms with Crippen molar-refractivity contribution in [1.82, 2.24) is 15.2 Å². The molecule has 2 N–H and O–H groups in total. The highest BCUT2D eigenvalue weighted by Crippen LogP contribution is 2.27. The van der Waals surface area contributed by atoms with Gasteiger partial charge in [-0.15, -0.1) is 0 Å². The van der Waals surface area contributed by atoms with Crippen molar-refractivity contribution in [2.75, 3.05) is 26.7 Å². The maximum Gasteiger partial charge on any atom is 0.0491 e. The Morgan fingerprint density at radius 2 is 2.19 bits per heavy atom. The van der Waals surface area contributed by atoms with E-state index in [1.54, 1.807) is 0 Å². The molecule has 1 aromatic heterocycles. The van der Waals surface area contributed by atoms with E-state index in [1.807, 2.05) is 0 Å². The summed E-state index contributed by atoms with van der Waals surface area (Å²) in [6.45, 7) is 3.25. The van der Waals surface area contributed by atoms with Gasteiger partial charge in [0.15, 0.2) is 0 Å². The summed E-state index contributed by atoms with van der Waals surface area (Å²) >= 11 is 0. The lowest BCUT2D eigenvalue weighted by Crippen LogP contribution is -2.43. The van der Waals surface area contributed by atoms with E-state index in [0.717, 1.165) is 19.6 Å². The van der Waals surface area contributed by atoms with Crippen LogP contribution in [0.25, 0.3) is 10.9 Å². The highest BCUT2D eigenvalue weighted by Gasteiger charge is 2.22. The Labute approximate surface area is 95.5 Å². The minimum atomic E-state index is 0.491. The van der Waals surface area contributed by atoms with Crippen LogP contribution in [0.5, 0.6) is 0 Å². The number of nitrogens with one attached hydrogen (secondary N) is 2.